The smallest absolute Gasteiger partial charge is 0.338 e. The van der Waals surface area contributed by atoms with E-state index in [4.69, 9.17) is 5.11 Å². The Morgan fingerprint density at radius 2 is 1.73 bits per heavy atom. The van der Waals surface area contributed by atoms with E-state index in [1.165, 1.54) is 18.7 Å². The average Bonchev–Trinajstić information content (AvgIpc) is 1.90. The zero-order valence-electron chi connectivity index (χ0n) is 5.30. The number of hydrogen-bond donors (Lipinski definition) is 1. The van der Waals surface area contributed by atoms with Gasteiger partial charge in [-0.2, -0.15) is 0 Å². The minimum atomic E-state index is -1.00. The van der Waals surface area contributed by atoms with Crippen LogP contribution in [-0.4, -0.2) is 21.0 Å². The second-order valence-electron chi connectivity index (χ2n) is 1.43. The van der Waals surface area contributed by atoms with Crippen molar-refractivity contribution in [3.63, 3.8) is 0 Å². The van der Waals surface area contributed by atoms with E-state index in [0.29, 0.717) is 0 Å². The molecule has 0 atom stereocenters. The molecule has 1 aromatic rings. The van der Waals surface area contributed by atoms with E-state index in [2.05, 4.69) is 9.97 Å². The van der Waals surface area contributed by atoms with E-state index in [-0.39, 0.29) is 30.4 Å². The van der Waals surface area contributed by atoms with Gasteiger partial charge in [-0.1, -0.05) is 0 Å². The summed E-state index contributed by atoms with van der Waals surface area (Å²) in [4.78, 5) is 17.1. The van der Waals surface area contributed by atoms with Crippen LogP contribution >= 0.6 is 24.8 Å². The van der Waals surface area contributed by atoms with Crippen LogP contribution in [0.25, 0.3) is 0 Å². The Kier molecular flexibility index (Phi) is 6.83. The summed E-state index contributed by atoms with van der Waals surface area (Å²) in [5, 5.41) is 8.30. The van der Waals surface area contributed by atoms with Gasteiger partial charge >= 0.3 is 5.97 Å². The Morgan fingerprint density at radius 3 is 2.00 bits per heavy atom. The third kappa shape index (κ3) is 3.75. The van der Waals surface area contributed by atoms with Gasteiger partial charge in [0.2, 0.25) is 0 Å². The number of carbonyl (C=O) groups is 1. The monoisotopic (exact) mass is 196 g/mol. The quantitative estimate of drug-likeness (QED) is 0.729. The molecular weight excluding hydrogens is 191 g/mol. The Bertz CT molecular complexity index is 217. The van der Waals surface area contributed by atoms with Crippen LogP contribution in [0.3, 0.4) is 0 Å². The highest BCUT2D eigenvalue weighted by molar-refractivity contribution is 5.86. The van der Waals surface area contributed by atoms with Crippen LogP contribution in [0.4, 0.5) is 0 Å². The number of aromatic carboxylic acids is 1. The highest BCUT2D eigenvalue weighted by atomic mass is 35.5. The summed E-state index contributed by atoms with van der Waals surface area (Å²) in [6.45, 7) is 0. The molecule has 4 nitrogen and oxygen atoms in total. The molecule has 0 saturated heterocycles. The van der Waals surface area contributed by atoms with Gasteiger partial charge < -0.3 is 5.11 Å². The molecule has 1 rings (SSSR count). The Morgan fingerprint density at radius 1 is 1.27 bits per heavy atom. The molecule has 0 amide bonds. The van der Waals surface area contributed by atoms with E-state index in [0.717, 1.165) is 0 Å². The van der Waals surface area contributed by atoms with Gasteiger partial charge in [-0.3, -0.25) is 0 Å². The Balaban J connectivity index is 0. The lowest BCUT2D eigenvalue weighted by Crippen LogP contribution is -1.96. The number of halogens is 2. The number of aromatic nitrogens is 2. The summed E-state index contributed by atoms with van der Waals surface area (Å²) in [6, 6.07) is 0. The van der Waals surface area contributed by atoms with Crippen molar-refractivity contribution >= 4 is 30.8 Å². The van der Waals surface area contributed by atoms with Crippen LogP contribution < -0.4 is 0 Å². The number of carboxylic acids is 1. The first-order valence-electron chi connectivity index (χ1n) is 2.29. The molecule has 0 radical (unpaired) electrons. The molecule has 0 fully saturated rings. The fourth-order valence-corrected chi connectivity index (χ4v) is 0.410. The van der Waals surface area contributed by atoms with Crippen molar-refractivity contribution in [3.8, 4) is 0 Å². The van der Waals surface area contributed by atoms with Crippen LogP contribution in [0.5, 0.6) is 0 Å². The fourth-order valence-electron chi connectivity index (χ4n) is 0.410. The van der Waals surface area contributed by atoms with Gasteiger partial charge in [-0.15, -0.1) is 24.8 Å². The first kappa shape index (κ1) is 12.8. The molecule has 0 bridgehead atoms. The number of rotatable bonds is 1. The zero-order chi connectivity index (χ0) is 6.69. The van der Waals surface area contributed by atoms with Crippen LogP contribution in [0.2, 0.25) is 0 Å². The highest BCUT2D eigenvalue weighted by Crippen LogP contribution is 1.89. The van der Waals surface area contributed by atoms with E-state index in [1.54, 1.807) is 0 Å². The molecule has 0 unspecified atom stereocenters. The number of hydrogen-bond acceptors (Lipinski definition) is 3. The zero-order valence-corrected chi connectivity index (χ0v) is 6.93. The van der Waals surface area contributed by atoms with Gasteiger partial charge in [0.1, 0.15) is 6.33 Å². The topological polar surface area (TPSA) is 63.1 Å². The summed E-state index contributed by atoms with van der Waals surface area (Å²) in [5.41, 5.74) is 0.109. The molecule has 0 aliphatic carbocycles. The summed E-state index contributed by atoms with van der Waals surface area (Å²) in [6.07, 6.45) is 3.77. The van der Waals surface area contributed by atoms with E-state index in [1.807, 2.05) is 0 Å². The Hall–Kier alpha value is -0.870. The molecule has 0 aliphatic heterocycles. The van der Waals surface area contributed by atoms with Gasteiger partial charge in [0.25, 0.3) is 0 Å². The second kappa shape index (κ2) is 5.88. The normalized spacial score (nSPS) is 7.27. The Labute approximate surface area is 75.5 Å². The molecule has 11 heavy (non-hydrogen) atoms. The summed E-state index contributed by atoms with van der Waals surface area (Å²) in [7, 11) is 0. The molecule has 6 heteroatoms. The molecule has 0 aromatic carbocycles. The second-order valence-corrected chi connectivity index (χ2v) is 1.43. The highest BCUT2D eigenvalue weighted by Gasteiger charge is 1.98. The van der Waals surface area contributed by atoms with Crippen LogP contribution in [-0.2, 0) is 0 Å². The van der Waals surface area contributed by atoms with Crippen molar-refractivity contribution < 1.29 is 9.90 Å². The summed E-state index contributed by atoms with van der Waals surface area (Å²) < 4.78 is 0. The van der Waals surface area contributed by atoms with E-state index >= 15 is 0 Å². The lowest BCUT2D eigenvalue weighted by molar-refractivity contribution is 0.0696. The largest absolute Gasteiger partial charge is 0.478 e. The molecule has 62 valence electrons. The minimum absolute atomic E-state index is 0. The van der Waals surface area contributed by atoms with Crippen molar-refractivity contribution in [2.45, 2.75) is 0 Å². The number of nitrogens with zero attached hydrogens (tertiary/aromatic N) is 2. The predicted octanol–water partition coefficient (Wildman–Crippen LogP) is 1.02. The third-order valence-corrected chi connectivity index (χ3v) is 0.808. The van der Waals surface area contributed by atoms with Crippen molar-refractivity contribution in [2.75, 3.05) is 0 Å². The van der Waals surface area contributed by atoms with Crippen LogP contribution in [0.15, 0.2) is 18.7 Å². The standard InChI is InChI=1S/C5H4N2O2.2ClH/c8-5(9)4-1-6-3-7-2-4;;/h1-3H,(H,8,9);2*1H. The van der Waals surface area contributed by atoms with Gasteiger partial charge in [-0.05, 0) is 0 Å². The molecule has 0 aliphatic rings. The van der Waals surface area contributed by atoms with Gasteiger partial charge in [-0.25, -0.2) is 14.8 Å². The molecule has 1 aromatic heterocycles. The first-order chi connectivity index (χ1) is 4.30. The SMILES string of the molecule is Cl.Cl.O=C(O)c1cncnc1. The minimum Gasteiger partial charge on any atom is -0.478 e. The molecule has 0 spiro atoms. The first-order valence-corrected chi connectivity index (χ1v) is 2.29. The summed E-state index contributed by atoms with van der Waals surface area (Å²) in [5.74, 6) is -1.00. The third-order valence-electron chi connectivity index (χ3n) is 0.808. The van der Waals surface area contributed by atoms with Crippen molar-refractivity contribution in [1.29, 1.82) is 0 Å². The molecule has 0 saturated carbocycles. The predicted molar refractivity (Wildman–Crippen MR) is 43.5 cm³/mol. The maximum Gasteiger partial charge on any atom is 0.338 e. The number of carboxylic acid groups (broad SMARTS) is 1. The van der Waals surface area contributed by atoms with Gasteiger partial charge in [0.05, 0.1) is 5.56 Å². The van der Waals surface area contributed by atoms with Crippen LogP contribution in [0, 0.1) is 0 Å². The fraction of sp³-hybridized carbons (Fsp3) is 0. The van der Waals surface area contributed by atoms with Crippen molar-refractivity contribution in [2.24, 2.45) is 0 Å². The van der Waals surface area contributed by atoms with Crippen molar-refractivity contribution in [3.05, 3.63) is 24.3 Å². The van der Waals surface area contributed by atoms with Gasteiger partial charge in [0.15, 0.2) is 0 Å². The lowest BCUT2D eigenvalue weighted by Gasteiger charge is -1.86. The average molecular weight is 197 g/mol. The maximum absolute atomic E-state index is 10.1. The molecule has 1 heterocycles. The maximum atomic E-state index is 10.1. The van der Waals surface area contributed by atoms with Gasteiger partial charge in [0, 0.05) is 12.4 Å². The van der Waals surface area contributed by atoms with E-state index < -0.39 is 5.97 Å². The summed E-state index contributed by atoms with van der Waals surface area (Å²) >= 11 is 0. The molecule has 1 N–H and O–H groups in total. The van der Waals surface area contributed by atoms with Crippen molar-refractivity contribution in [1.82, 2.24) is 9.97 Å². The van der Waals surface area contributed by atoms with E-state index in [9.17, 15) is 4.79 Å². The van der Waals surface area contributed by atoms with Crippen LogP contribution in [0.1, 0.15) is 10.4 Å². The molecular formula is C5H6Cl2N2O2. The lowest BCUT2D eigenvalue weighted by atomic mass is 10.4.